The van der Waals surface area contributed by atoms with E-state index in [1.807, 2.05) is 0 Å². The molecule has 0 saturated heterocycles. The molecule has 13 rings (SSSR count). The lowest BCUT2D eigenvalue weighted by atomic mass is 9.99. The summed E-state index contributed by atoms with van der Waals surface area (Å²) in [6.07, 6.45) is 0. The summed E-state index contributed by atoms with van der Waals surface area (Å²) in [5, 5.41) is 10.2. The number of para-hydroxylation sites is 4. The van der Waals surface area contributed by atoms with Crippen LogP contribution in [0.5, 0.6) is 0 Å². The molecule has 0 saturated carbocycles. The first-order valence-electron chi connectivity index (χ1n) is 19.0. The van der Waals surface area contributed by atoms with Gasteiger partial charge in [-0.1, -0.05) is 121 Å². The van der Waals surface area contributed by atoms with Crippen molar-refractivity contribution in [1.29, 1.82) is 0 Å². The topological polar surface area (TPSA) is 14.8 Å². The Morgan fingerprint density at radius 1 is 0.236 bits per heavy atom. The Balaban J connectivity index is 1.09. The van der Waals surface area contributed by atoms with Crippen molar-refractivity contribution in [3.05, 3.63) is 188 Å². The van der Waals surface area contributed by atoms with E-state index in [1.165, 1.54) is 98.4 Å². The standard InChI is InChI=1S/C52H31N3/c1-2-13-32(14-3-1)53-47-24-11-8-19-41(47)50-48(53)30-29-40-37-17-6-9-22-45(37)55(52(40)50)34-27-25-33(26-28-34)54-46-23-10-7-18-38(46)44-31-43-36-16-5-4-15-35(36)39-20-12-21-42(49(39)43)51(44)54/h1-31H. The Hall–Kier alpha value is -7.36. The van der Waals surface area contributed by atoms with E-state index in [-0.39, 0.29) is 0 Å². The molecule has 12 aromatic rings. The Kier molecular flexibility index (Phi) is 5.63. The van der Waals surface area contributed by atoms with Gasteiger partial charge in [0.05, 0.1) is 33.1 Å². The van der Waals surface area contributed by atoms with Crippen LogP contribution >= 0.6 is 0 Å². The molecule has 0 amide bonds. The van der Waals surface area contributed by atoms with Gasteiger partial charge in [0.2, 0.25) is 0 Å². The zero-order chi connectivity index (χ0) is 35.8. The van der Waals surface area contributed by atoms with Crippen molar-refractivity contribution in [2.75, 3.05) is 0 Å². The van der Waals surface area contributed by atoms with Crippen molar-refractivity contribution in [3.8, 4) is 39.3 Å². The number of benzene rings is 9. The molecule has 1 aliphatic rings. The predicted molar refractivity (Wildman–Crippen MR) is 231 cm³/mol. The molecule has 254 valence electrons. The van der Waals surface area contributed by atoms with Crippen LogP contribution < -0.4 is 0 Å². The van der Waals surface area contributed by atoms with Gasteiger partial charge in [0.25, 0.3) is 0 Å². The number of aromatic nitrogens is 3. The maximum absolute atomic E-state index is 2.48. The molecule has 0 unspecified atom stereocenters. The van der Waals surface area contributed by atoms with Gasteiger partial charge in [-0.15, -0.1) is 0 Å². The van der Waals surface area contributed by atoms with Crippen molar-refractivity contribution in [2.45, 2.75) is 0 Å². The third-order valence-corrected chi connectivity index (χ3v) is 12.1. The number of hydrogen-bond acceptors (Lipinski definition) is 0. The van der Waals surface area contributed by atoms with Gasteiger partial charge in [0.1, 0.15) is 0 Å². The Labute approximate surface area is 316 Å². The minimum absolute atomic E-state index is 1.14. The maximum atomic E-state index is 2.48. The second-order valence-electron chi connectivity index (χ2n) is 14.9. The van der Waals surface area contributed by atoms with E-state index in [0.717, 1.165) is 17.1 Å². The van der Waals surface area contributed by atoms with E-state index in [4.69, 9.17) is 0 Å². The van der Waals surface area contributed by atoms with E-state index in [9.17, 15) is 0 Å². The van der Waals surface area contributed by atoms with Crippen LogP contribution in [0.4, 0.5) is 0 Å². The molecule has 0 spiro atoms. The smallest absolute Gasteiger partial charge is 0.0641 e. The van der Waals surface area contributed by atoms with Gasteiger partial charge in [-0.05, 0) is 94.4 Å². The van der Waals surface area contributed by atoms with Gasteiger partial charge in [0, 0.05) is 54.8 Å². The molecule has 9 aromatic carbocycles. The van der Waals surface area contributed by atoms with Crippen LogP contribution in [-0.4, -0.2) is 13.7 Å². The molecule has 0 N–H and O–H groups in total. The van der Waals surface area contributed by atoms with Crippen molar-refractivity contribution >= 4 is 76.2 Å². The quantitative estimate of drug-likeness (QED) is 0.175. The van der Waals surface area contributed by atoms with E-state index in [0.29, 0.717) is 0 Å². The van der Waals surface area contributed by atoms with Crippen LogP contribution in [0.1, 0.15) is 0 Å². The lowest BCUT2D eigenvalue weighted by Gasteiger charge is -2.14. The highest BCUT2D eigenvalue weighted by Gasteiger charge is 2.26. The summed E-state index contributed by atoms with van der Waals surface area (Å²) in [7, 11) is 0. The third-order valence-electron chi connectivity index (χ3n) is 12.1. The zero-order valence-electron chi connectivity index (χ0n) is 29.7. The normalized spacial score (nSPS) is 12.4. The highest BCUT2D eigenvalue weighted by Crippen LogP contribution is 2.51. The van der Waals surface area contributed by atoms with Gasteiger partial charge in [-0.3, -0.25) is 0 Å². The lowest BCUT2D eigenvalue weighted by molar-refractivity contribution is 1.15. The monoisotopic (exact) mass is 697 g/mol. The average molecular weight is 698 g/mol. The van der Waals surface area contributed by atoms with Gasteiger partial charge < -0.3 is 13.7 Å². The average Bonchev–Trinajstić information content (AvgIpc) is 3.97. The number of fused-ring (bicyclic) bond motifs is 14. The first-order valence-corrected chi connectivity index (χ1v) is 19.0. The molecule has 0 aliphatic heterocycles. The van der Waals surface area contributed by atoms with Crippen molar-refractivity contribution < 1.29 is 0 Å². The second-order valence-corrected chi connectivity index (χ2v) is 14.9. The van der Waals surface area contributed by atoms with Crippen molar-refractivity contribution in [3.63, 3.8) is 0 Å². The summed E-state index contributed by atoms with van der Waals surface area (Å²) in [5.41, 5.74) is 16.1. The van der Waals surface area contributed by atoms with Crippen molar-refractivity contribution in [2.24, 2.45) is 0 Å². The maximum Gasteiger partial charge on any atom is 0.0641 e. The van der Waals surface area contributed by atoms with Gasteiger partial charge in [-0.25, -0.2) is 0 Å². The molecule has 0 bridgehead atoms. The first kappa shape index (κ1) is 29.1. The first-order chi connectivity index (χ1) is 27.3. The predicted octanol–water partition coefficient (Wildman–Crippen LogP) is 13.8. The molecule has 3 aromatic heterocycles. The zero-order valence-corrected chi connectivity index (χ0v) is 29.7. The highest BCUT2D eigenvalue weighted by molar-refractivity contribution is 6.28. The fraction of sp³-hybridized carbons (Fsp3) is 0. The summed E-state index contributed by atoms with van der Waals surface area (Å²) >= 11 is 0. The number of nitrogens with zero attached hydrogens (tertiary/aromatic N) is 3. The highest BCUT2D eigenvalue weighted by atomic mass is 15.0. The van der Waals surface area contributed by atoms with Crippen LogP contribution in [0.15, 0.2) is 188 Å². The molecule has 3 nitrogen and oxygen atoms in total. The van der Waals surface area contributed by atoms with Crippen LogP contribution in [0.2, 0.25) is 0 Å². The summed E-state index contributed by atoms with van der Waals surface area (Å²) in [4.78, 5) is 0. The number of hydrogen-bond donors (Lipinski definition) is 0. The Morgan fingerprint density at radius 2 is 0.745 bits per heavy atom. The van der Waals surface area contributed by atoms with Crippen LogP contribution in [0, 0.1) is 0 Å². The molecule has 0 fully saturated rings. The molecule has 0 radical (unpaired) electrons. The minimum Gasteiger partial charge on any atom is -0.309 e. The summed E-state index contributed by atoms with van der Waals surface area (Å²) < 4.78 is 7.38. The summed E-state index contributed by atoms with van der Waals surface area (Å²) in [6.45, 7) is 0. The summed E-state index contributed by atoms with van der Waals surface area (Å²) in [6, 6.07) is 69.3. The van der Waals surface area contributed by atoms with E-state index in [1.54, 1.807) is 0 Å². The van der Waals surface area contributed by atoms with E-state index >= 15 is 0 Å². The van der Waals surface area contributed by atoms with E-state index in [2.05, 4.69) is 202 Å². The summed E-state index contributed by atoms with van der Waals surface area (Å²) in [5.74, 6) is 0. The van der Waals surface area contributed by atoms with Crippen molar-refractivity contribution in [1.82, 2.24) is 13.7 Å². The van der Waals surface area contributed by atoms with Gasteiger partial charge in [0.15, 0.2) is 0 Å². The number of rotatable bonds is 3. The molecule has 1 aliphatic carbocycles. The van der Waals surface area contributed by atoms with Gasteiger partial charge >= 0.3 is 0 Å². The Morgan fingerprint density at radius 3 is 1.45 bits per heavy atom. The van der Waals surface area contributed by atoms with Crippen LogP contribution in [0.25, 0.3) is 116 Å². The SMILES string of the molecule is c1ccc(-n2c3ccccc3c3c2ccc2c4ccccc4n(-c4ccc(-n5c6ccccc6c6cc7c8c(cccc8c65)-c5ccccc5-7)cc4)c23)cc1. The van der Waals surface area contributed by atoms with Gasteiger partial charge in [-0.2, -0.15) is 0 Å². The minimum atomic E-state index is 1.14. The lowest BCUT2D eigenvalue weighted by Crippen LogP contribution is -1.98. The van der Waals surface area contributed by atoms with E-state index < -0.39 is 0 Å². The molecule has 0 atom stereocenters. The fourth-order valence-electron chi connectivity index (χ4n) is 9.97. The molecule has 3 heterocycles. The molecule has 3 heteroatoms. The van der Waals surface area contributed by atoms with Crippen LogP contribution in [-0.2, 0) is 0 Å². The molecular formula is C52H31N3. The largest absolute Gasteiger partial charge is 0.309 e. The second kappa shape index (κ2) is 10.6. The molecule has 55 heavy (non-hydrogen) atoms. The molecular weight excluding hydrogens is 667 g/mol. The Bertz CT molecular complexity index is 3580. The van der Waals surface area contributed by atoms with Crippen LogP contribution in [0.3, 0.4) is 0 Å². The third kappa shape index (κ3) is 3.74. The fourth-order valence-corrected chi connectivity index (χ4v) is 9.97.